The molecular weight excluding hydrogens is 354 g/mol. The van der Waals surface area contributed by atoms with Gasteiger partial charge >= 0.3 is 0 Å². The van der Waals surface area contributed by atoms with Crippen LogP contribution in [-0.2, 0) is 4.74 Å². The number of nitrogens with zero attached hydrogens (tertiary/aromatic N) is 3. The molecule has 1 saturated heterocycles. The molecule has 116 valence electrons. The number of hydrogen-bond acceptors (Lipinski definition) is 4. The second-order valence-corrected chi connectivity index (χ2v) is 6.41. The molecule has 2 heterocycles. The van der Waals surface area contributed by atoms with Crippen LogP contribution in [0.15, 0.2) is 53.0 Å². The van der Waals surface area contributed by atoms with E-state index in [-0.39, 0.29) is 0 Å². The van der Waals surface area contributed by atoms with Crippen LogP contribution < -0.4 is 4.90 Å². The average molecular weight is 370 g/mol. The maximum Gasteiger partial charge on any atom is 0.162 e. The first kappa shape index (κ1) is 14.6. The summed E-state index contributed by atoms with van der Waals surface area (Å²) in [4.78, 5) is 11.9. The summed E-state index contributed by atoms with van der Waals surface area (Å²) in [6.45, 7) is 3.20. The van der Waals surface area contributed by atoms with Crippen LogP contribution in [0.4, 0.5) is 5.82 Å². The van der Waals surface area contributed by atoms with E-state index in [1.165, 1.54) is 0 Å². The number of morpholine rings is 1. The van der Waals surface area contributed by atoms with Gasteiger partial charge in [0.05, 0.1) is 18.7 Å². The van der Waals surface area contributed by atoms with Gasteiger partial charge in [-0.1, -0.05) is 40.2 Å². The minimum absolute atomic E-state index is 0.741. The molecule has 4 nitrogen and oxygen atoms in total. The van der Waals surface area contributed by atoms with Crippen molar-refractivity contribution >= 4 is 32.7 Å². The molecule has 5 heteroatoms. The van der Waals surface area contributed by atoms with Crippen LogP contribution in [0, 0.1) is 0 Å². The maximum absolute atomic E-state index is 5.47. The van der Waals surface area contributed by atoms with Crippen LogP contribution in [-0.4, -0.2) is 36.3 Å². The standard InChI is InChI=1S/C18H16BrN3O/c19-14-5-3-4-13(12-14)17-20-16-7-2-1-6-15(16)18(21-17)22-8-10-23-11-9-22/h1-7,12H,8-11H2. The van der Waals surface area contributed by atoms with Gasteiger partial charge in [0.1, 0.15) is 5.82 Å². The Kier molecular flexibility index (Phi) is 3.97. The molecule has 3 aromatic rings. The first-order chi connectivity index (χ1) is 11.3. The van der Waals surface area contributed by atoms with E-state index in [1.54, 1.807) is 0 Å². The Morgan fingerprint density at radius 3 is 2.61 bits per heavy atom. The van der Waals surface area contributed by atoms with Crippen molar-refractivity contribution in [1.82, 2.24) is 9.97 Å². The normalized spacial score (nSPS) is 15.1. The summed E-state index contributed by atoms with van der Waals surface area (Å²) in [5, 5.41) is 1.09. The van der Waals surface area contributed by atoms with Crippen LogP contribution in [0.2, 0.25) is 0 Å². The fourth-order valence-electron chi connectivity index (χ4n) is 2.83. The van der Waals surface area contributed by atoms with Crippen molar-refractivity contribution in [2.24, 2.45) is 0 Å². The van der Waals surface area contributed by atoms with Gasteiger partial charge in [0.25, 0.3) is 0 Å². The first-order valence-corrected chi connectivity index (χ1v) is 8.46. The predicted octanol–water partition coefficient (Wildman–Crippen LogP) is 3.90. The Labute approximate surface area is 143 Å². The van der Waals surface area contributed by atoms with Gasteiger partial charge in [0.15, 0.2) is 5.82 Å². The molecule has 0 aliphatic carbocycles. The van der Waals surface area contributed by atoms with Crippen LogP contribution in [0.25, 0.3) is 22.3 Å². The molecule has 0 unspecified atom stereocenters. The van der Waals surface area contributed by atoms with Gasteiger partial charge in [-0.2, -0.15) is 0 Å². The lowest BCUT2D eigenvalue weighted by Crippen LogP contribution is -2.37. The predicted molar refractivity (Wildman–Crippen MR) is 95.7 cm³/mol. The van der Waals surface area contributed by atoms with Crippen molar-refractivity contribution in [3.8, 4) is 11.4 Å². The second-order valence-electron chi connectivity index (χ2n) is 5.50. The number of hydrogen-bond donors (Lipinski definition) is 0. The van der Waals surface area contributed by atoms with E-state index in [2.05, 4.69) is 26.9 Å². The summed E-state index contributed by atoms with van der Waals surface area (Å²) in [7, 11) is 0. The number of fused-ring (bicyclic) bond motifs is 1. The van der Waals surface area contributed by atoms with Crippen LogP contribution in [0.1, 0.15) is 0 Å². The Morgan fingerprint density at radius 1 is 0.957 bits per heavy atom. The first-order valence-electron chi connectivity index (χ1n) is 7.67. The van der Waals surface area contributed by atoms with E-state index >= 15 is 0 Å². The third kappa shape index (κ3) is 2.94. The molecule has 1 aromatic heterocycles. The topological polar surface area (TPSA) is 38.2 Å². The summed E-state index contributed by atoms with van der Waals surface area (Å²) in [5.41, 5.74) is 1.98. The highest BCUT2D eigenvalue weighted by Gasteiger charge is 2.17. The van der Waals surface area contributed by atoms with E-state index in [1.807, 2.05) is 42.5 Å². The number of benzene rings is 2. The van der Waals surface area contributed by atoms with Gasteiger partial charge in [-0.25, -0.2) is 9.97 Å². The third-order valence-corrected chi connectivity index (χ3v) is 4.47. The molecule has 0 bridgehead atoms. The Bertz CT molecular complexity index is 847. The number of rotatable bonds is 2. The summed E-state index contributed by atoms with van der Waals surface area (Å²) < 4.78 is 6.50. The van der Waals surface area contributed by atoms with Crippen LogP contribution in [0.5, 0.6) is 0 Å². The van der Waals surface area contributed by atoms with Crippen molar-refractivity contribution in [3.05, 3.63) is 53.0 Å². The van der Waals surface area contributed by atoms with E-state index in [4.69, 9.17) is 14.7 Å². The lowest BCUT2D eigenvalue weighted by atomic mass is 10.1. The minimum Gasteiger partial charge on any atom is -0.378 e. The Morgan fingerprint density at radius 2 is 1.78 bits per heavy atom. The van der Waals surface area contributed by atoms with E-state index in [0.717, 1.165) is 58.9 Å². The van der Waals surface area contributed by atoms with E-state index in [9.17, 15) is 0 Å². The molecule has 1 fully saturated rings. The van der Waals surface area contributed by atoms with Crippen LogP contribution in [0.3, 0.4) is 0 Å². The summed E-state index contributed by atoms with van der Waals surface area (Å²) in [6.07, 6.45) is 0. The van der Waals surface area contributed by atoms with Crippen molar-refractivity contribution in [2.75, 3.05) is 31.2 Å². The molecule has 0 N–H and O–H groups in total. The highest BCUT2D eigenvalue weighted by atomic mass is 79.9. The zero-order chi connectivity index (χ0) is 15.6. The largest absolute Gasteiger partial charge is 0.378 e. The molecule has 2 aromatic carbocycles. The van der Waals surface area contributed by atoms with Gasteiger partial charge in [0, 0.05) is 28.5 Å². The van der Waals surface area contributed by atoms with Crippen LogP contribution >= 0.6 is 15.9 Å². The molecule has 0 amide bonds. The van der Waals surface area contributed by atoms with E-state index < -0.39 is 0 Å². The Balaban J connectivity index is 1.89. The maximum atomic E-state index is 5.47. The molecule has 1 aliphatic rings. The summed E-state index contributed by atoms with van der Waals surface area (Å²) in [5.74, 6) is 1.75. The van der Waals surface area contributed by atoms with E-state index in [0.29, 0.717) is 0 Å². The van der Waals surface area contributed by atoms with Crippen molar-refractivity contribution in [2.45, 2.75) is 0 Å². The van der Waals surface area contributed by atoms with Gasteiger partial charge in [-0.15, -0.1) is 0 Å². The SMILES string of the molecule is Brc1cccc(-c2nc(N3CCOCC3)c3ccccc3n2)c1. The molecule has 0 saturated carbocycles. The molecular formula is C18H16BrN3O. The van der Waals surface area contributed by atoms with Gasteiger partial charge < -0.3 is 9.64 Å². The van der Waals surface area contributed by atoms with Gasteiger partial charge in [-0.05, 0) is 24.3 Å². The smallest absolute Gasteiger partial charge is 0.162 e. The fraction of sp³-hybridized carbons (Fsp3) is 0.222. The molecule has 23 heavy (non-hydrogen) atoms. The zero-order valence-electron chi connectivity index (χ0n) is 12.6. The monoisotopic (exact) mass is 369 g/mol. The molecule has 0 atom stereocenters. The minimum atomic E-state index is 0.741. The number of ether oxygens (including phenoxy) is 1. The van der Waals surface area contributed by atoms with Gasteiger partial charge in [0.2, 0.25) is 0 Å². The fourth-order valence-corrected chi connectivity index (χ4v) is 3.23. The second kappa shape index (κ2) is 6.26. The quantitative estimate of drug-likeness (QED) is 0.686. The summed E-state index contributed by atoms with van der Waals surface area (Å²) in [6, 6.07) is 16.3. The number of aromatic nitrogens is 2. The summed E-state index contributed by atoms with van der Waals surface area (Å²) >= 11 is 3.52. The number of halogens is 1. The molecule has 4 rings (SSSR count). The zero-order valence-corrected chi connectivity index (χ0v) is 14.2. The average Bonchev–Trinajstić information content (AvgIpc) is 2.61. The molecule has 0 spiro atoms. The van der Waals surface area contributed by atoms with Gasteiger partial charge in [-0.3, -0.25) is 0 Å². The van der Waals surface area contributed by atoms with Crippen molar-refractivity contribution < 1.29 is 4.74 Å². The highest BCUT2D eigenvalue weighted by Crippen LogP contribution is 2.28. The number of anilines is 1. The van der Waals surface area contributed by atoms with Crippen molar-refractivity contribution in [1.29, 1.82) is 0 Å². The lowest BCUT2D eigenvalue weighted by molar-refractivity contribution is 0.122. The highest BCUT2D eigenvalue weighted by molar-refractivity contribution is 9.10. The molecule has 1 aliphatic heterocycles. The Hall–Kier alpha value is -1.98. The lowest BCUT2D eigenvalue weighted by Gasteiger charge is -2.29. The molecule has 0 radical (unpaired) electrons. The third-order valence-electron chi connectivity index (χ3n) is 3.98. The van der Waals surface area contributed by atoms with Crippen molar-refractivity contribution in [3.63, 3.8) is 0 Å². The number of para-hydroxylation sites is 1.